The zero-order chi connectivity index (χ0) is 24.2. The first-order valence-corrected chi connectivity index (χ1v) is 12.7. The predicted octanol–water partition coefficient (Wildman–Crippen LogP) is 4.39. The van der Waals surface area contributed by atoms with Crippen LogP contribution >= 0.6 is 22.9 Å². The topological polar surface area (TPSA) is 102 Å². The molecule has 1 heterocycles. The van der Waals surface area contributed by atoms with Crippen molar-refractivity contribution in [2.24, 2.45) is 0 Å². The van der Waals surface area contributed by atoms with Crippen molar-refractivity contribution in [3.8, 4) is 5.75 Å². The number of ether oxygens (including phenoxy) is 2. The number of nitrogens with one attached hydrogen (secondary N) is 1. The molecule has 0 atom stereocenters. The minimum Gasteiger partial charge on any atom is -0.497 e. The van der Waals surface area contributed by atoms with E-state index in [1.165, 1.54) is 28.6 Å². The molecule has 0 spiro atoms. The molecule has 0 aliphatic heterocycles. The van der Waals surface area contributed by atoms with Crippen LogP contribution in [0.1, 0.15) is 23.5 Å². The summed E-state index contributed by atoms with van der Waals surface area (Å²) in [7, 11) is -2.04. The first kappa shape index (κ1) is 25.0. The molecule has 1 N–H and O–H groups in total. The van der Waals surface area contributed by atoms with Crippen LogP contribution in [-0.4, -0.2) is 51.4 Å². The van der Waals surface area contributed by atoms with E-state index in [1.807, 2.05) is 0 Å². The van der Waals surface area contributed by atoms with Crippen LogP contribution in [0.3, 0.4) is 0 Å². The number of hydrogen-bond donors (Lipinski definition) is 1. The van der Waals surface area contributed by atoms with Gasteiger partial charge in [-0.25, -0.2) is 13.2 Å². The number of fused-ring (bicyclic) bond motifs is 1. The van der Waals surface area contributed by atoms with E-state index in [2.05, 4.69) is 5.32 Å². The number of methoxy groups -OCH3 is 1. The first-order valence-electron chi connectivity index (χ1n) is 10.0. The lowest BCUT2D eigenvalue weighted by Gasteiger charge is -2.18. The molecule has 2 aromatic carbocycles. The fourth-order valence-electron chi connectivity index (χ4n) is 3.12. The number of sulfonamides is 1. The van der Waals surface area contributed by atoms with E-state index >= 15 is 0 Å². The monoisotopic (exact) mass is 510 g/mol. The molecule has 3 aromatic rings. The Hall–Kier alpha value is -2.66. The number of benzene rings is 2. The molecule has 0 radical (unpaired) electrons. The summed E-state index contributed by atoms with van der Waals surface area (Å²) in [5, 5.41) is 3.52. The van der Waals surface area contributed by atoms with Gasteiger partial charge >= 0.3 is 5.97 Å². The molecule has 0 unspecified atom stereocenters. The quantitative estimate of drug-likeness (QED) is 0.428. The summed E-state index contributed by atoms with van der Waals surface area (Å²) in [6.45, 7) is 3.73. The lowest BCUT2D eigenvalue weighted by molar-refractivity contribution is -0.119. The van der Waals surface area contributed by atoms with E-state index in [-0.39, 0.29) is 14.8 Å². The number of anilines is 1. The number of carbonyl (C=O) groups is 2. The third-order valence-corrected chi connectivity index (χ3v) is 8.54. The van der Waals surface area contributed by atoms with E-state index in [1.54, 1.807) is 39.2 Å². The molecule has 0 saturated carbocycles. The van der Waals surface area contributed by atoms with E-state index in [9.17, 15) is 18.0 Å². The van der Waals surface area contributed by atoms with Crippen LogP contribution in [0.4, 0.5) is 5.69 Å². The highest BCUT2D eigenvalue weighted by molar-refractivity contribution is 7.89. The Morgan fingerprint density at radius 2 is 1.76 bits per heavy atom. The van der Waals surface area contributed by atoms with Crippen LogP contribution in [-0.2, 0) is 19.6 Å². The zero-order valence-corrected chi connectivity index (χ0v) is 20.6. The summed E-state index contributed by atoms with van der Waals surface area (Å²) < 4.78 is 37.5. The SMILES string of the molecule is CCN(CC)S(=O)(=O)c1ccc(NC(=O)COC(=O)c2sc3cc(OC)ccc3c2Cl)cc1. The average Bonchev–Trinajstić information content (AvgIpc) is 3.14. The van der Waals surface area contributed by atoms with Gasteiger partial charge in [0.1, 0.15) is 10.6 Å². The van der Waals surface area contributed by atoms with Crippen molar-refractivity contribution in [3.63, 3.8) is 0 Å². The van der Waals surface area contributed by atoms with Crippen molar-refractivity contribution >= 4 is 60.6 Å². The second kappa shape index (κ2) is 10.5. The minimum atomic E-state index is -3.59. The van der Waals surface area contributed by atoms with Gasteiger partial charge in [0, 0.05) is 28.9 Å². The molecular weight excluding hydrogens is 488 g/mol. The molecule has 0 fully saturated rings. The lowest BCUT2D eigenvalue weighted by atomic mass is 10.2. The van der Waals surface area contributed by atoms with Gasteiger partial charge in [-0.2, -0.15) is 4.31 Å². The normalized spacial score (nSPS) is 11.5. The van der Waals surface area contributed by atoms with E-state index in [4.69, 9.17) is 21.1 Å². The van der Waals surface area contributed by atoms with E-state index < -0.39 is 28.5 Å². The van der Waals surface area contributed by atoms with Crippen molar-refractivity contribution in [3.05, 3.63) is 52.4 Å². The van der Waals surface area contributed by atoms with Crippen LogP contribution in [0.5, 0.6) is 5.75 Å². The Balaban J connectivity index is 1.62. The molecule has 176 valence electrons. The van der Waals surface area contributed by atoms with Crippen molar-refractivity contribution in [2.75, 3.05) is 32.1 Å². The van der Waals surface area contributed by atoms with Crippen LogP contribution < -0.4 is 10.1 Å². The van der Waals surface area contributed by atoms with Gasteiger partial charge in [0.05, 0.1) is 17.0 Å². The summed E-state index contributed by atoms with van der Waals surface area (Å²) in [4.78, 5) is 25.0. The molecule has 11 heteroatoms. The number of rotatable bonds is 9. The van der Waals surface area contributed by atoms with Crippen molar-refractivity contribution < 1.29 is 27.5 Å². The molecule has 8 nitrogen and oxygen atoms in total. The smallest absolute Gasteiger partial charge is 0.350 e. The Morgan fingerprint density at radius 3 is 2.36 bits per heavy atom. The fraction of sp³-hybridized carbons (Fsp3) is 0.273. The zero-order valence-electron chi connectivity index (χ0n) is 18.3. The molecule has 0 aliphatic carbocycles. The average molecular weight is 511 g/mol. The third kappa shape index (κ3) is 5.47. The number of thiophene rings is 1. The second-order valence-corrected chi connectivity index (χ2v) is 10.2. The Bertz CT molecular complexity index is 1270. The molecule has 0 saturated heterocycles. The second-order valence-electron chi connectivity index (χ2n) is 6.85. The van der Waals surface area contributed by atoms with Crippen LogP contribution in [0.15, 0.2) is 47.4 Å². The highest BCUT2D eigenvalue weighted by Gasteiger charge is 2.22. The molecule has 0 aliphatic rings. The molecule has 3 rings (SSSR count). The summed E-state index contributed by atoms with van der Waals surface area (Å²) in [5.74, 6) is -0.645. The highest BCUT2D eigenvalue weighted by atomic mass is 35.5. The highest BCUT2D eigenvalue weighted by Crippen LogP contribution is 2.37. The van der Waals surface area contributed by atoms with E-state index in [0.717, 1.165) is 16.0 Å². The van der Waals surface area contributed by atoms with Gasteiger partial charge < -0.3 is 14.8 Å². The summed E-state index contributed by atoms with van der Waals surface area (Å²) in [5.41, 5.74) is 0.376. The van der Waals surface area contributed by atoms with E-state index in [0.29, 0.717) is 29.9 Å². The molecule has 33 heavy (non-hydrogen) atoms. The maximum absolute atomic E-state index is 12.5. The number of esters is 1. The number of halogens is 1. The maximum atomic E-state index is 12.5. The number of amides is 1. The molecular formula is C22H23ClN2O6S2. The number of hydrogen-bond acceptors (Lipinski definition) is 7. The minimum absolute atomic E-state index is 0.131. The van der Waals surface area contributed by atoms with Gasteiger partial charge in [0.25, 0.3) is 5.91 Å². The van der Waals surface area contributed by atoms with Gasteiger partial charge in [-0.15, -0.1) is 11.3 Å². The summed E-state index contributed by atoms with van der Waals surface area (Å²) in [6, 6.07) is 11.0. The van der Waals surface area contributed by atoms with Gasteiger partial charge in [-0.1, -0.05) is 25.4 Å². The van der Waals surface area contributed by atoms with Crippen molar-refractivity contribution in [2.45, 2.75) is 18.7 Å². The Kier molecular flexibility index (Phi) is 7.96. The lowest BCUT2D eigenvalue weighted by Crippen LogP contribution is -2.30. The van der Waals surface area contributed by atoms with Gasteiger partial charge in [0.15, 0.2) is 6.61 Å². The fourth-order valence-corrected chi connectivity index (χ4v) is 6.01. The Morgan fingerprint density at radius 1 is 1.09 bits per heavy atom. The molecule has 1 aromatic heterocycles. The number of carbonyl (C=O) groups excluding carboxylic acids is 2. The largest absolute Gasteiger partial charge is 0.497 e. The first-order chi connectivity index (χ1) is 15.7. The summed E-state index contributed by atoms with van der Waals surface area (Å²) >= 11 is 7.45. The van der Waals surface area contributed by atoms with Crippen LogP contribution in [0, 0.1) is 0 Å². The third-order valence-electron chi connectivity index (χ3n) is 4.84. The number of nitrogens with zero attached hydrogens (tertiary/aromatic N) is 1. The predicted molar refractivity (Wildman–Crippen MR) is 129 cm³/mol. The van der Waals surface area contributed by atoms with Crippen LogP contribution in [0.25, 0.3) is 10.1 Å². The van der Waals surface area contributed by atoms with Crippen molar-refractivity contribution in [1.82, 2.24) is 4.31 Å². The van der Waals surface area contributed by atoms with Gasteiger partial charge in [-0.3, -0.25) is 4.79 Å². The van der Waals surface area contributed by atoms with Crippen molar-refractivity contribution in [1.29, 1.82) is 0 Å². The van der Waals surface area contributed by atoms with Gasteiger partial charge in [0.2, 0.25) is 10.0 Å². The summed E-state index contributed by atoms with van der Waals surface area (Å²) in [6.07, 6.45) is 0. The molecule has 0 bridgehead atoms. The standard InChI is InChI=1S/C22H23ClN2O6S2/c1-4-25(5-2)33(28,29)16-9-6-14(7-10-16)24-19(26)13-31-22(27)21-20(23)17-11-8-15(30-3)12-18(17)32-21/h6-12H,4-5,13H2,1-3H3,(H,24,26). The van der Waals surface area contributed by atoms with Crippen LogP contribution in [0.2, 0.25) is 5.02 Å². The van der Waals surface area contributed by atoms with Gasteiger partial charge in [-0.05, 0) is 42.5 Å². The Labute approximate surface area is 201 Å². The molecule has 1 amide bonds. The maximum Gasteiger partial charge on any atom is 0.350 e.